The molecule has 0 radical (unpaired) electrons. The number of aliphatic hydroxyl groups is 2. The van der Waals surface area contributed by atoms with Gasteiger partial charge in [-0.15, -0.1) is 0 Å². The molecule has 0 rings (SSSR count). The summed E-state index contributed by atoms with van der Waals surface area (Å²) in [6, 6.07) is 0. The Bertz CT molecular complexity index is 272. The monoisotopic (exact) mass is 245 g/mol. The maximum atomic E-state index is 12.3. The van der Waals surface area contributed by atoms with E-state index in [9.17, 15) is 18.1 Å². The van der Waals surface area contributed by atoms with Crippen molar-refractivity contribution in [3.8, 4) is 0 Å². The van der Waals surface area contributed by atoms with Crippen LogP contribution in [0.3, 0.4) is 0 Å². The van der Waals surface area contributed by atoms with Crippen LogP contribution in [-0.2, 0) is 9.36 Å². The van der Waals surface area contributed by atoms with Gasteiger partial charge in [-0.1, -0.05) is 0 Å². The first kappa shape index (κ1) is 16.8. The molecule has 7 nitrogen and oxygen atoms in total. The molecule has 0 bridgehead atoms. The molecule has 0 amide bonds. The Morgan fingerprint density at radius 3 is 1.57 bits per heavy atom. The number of carboxylic acids is 1. The summed E-state index contributed by atoms with van der Waals surface area (Å²) in [6.07, 6.45) is 0. The first-order valence-corrected chi connectivity index (χ1v) is 4.17. The van der Waals surface area contributed by atoms with Crippen LogP contribution in [-0.4, -0.2) is 42.5 Å². The predicted molar refractivity (Wildman–Crippen MR) is 31.8 cm³/mol. The van der Waals surface area contributed by atoms with Gasteiger partial charge >= 0.3 is 54.6 Å². The number of halogens is 2. The van der Waals surface area contributed by atoms with Gasteiger partial charge in [0.25, 0.3) is 0 Å². The Balaban J connectivity index is 0. The van der Waals surface area contributed by atoms with E-state index >= 15 is 0 Å². The summed E-state index contributed by atoms with van der Waals surface area (Å²) in [7, 11) is -6.26. The van der Waals surface area contributed by atoms with Crippen molar-refractivity contribution in [1.29, 1.82) is 0 Å². The fourth-order valence-electron chi connectivity index (χ4n) is 0.332. The third kappa shape index (κ3) is 2.71. The zero-order valence-corrected chi connectivity index (χ0v) is 9.65. The van der Waals surface area contributed by atoms with Crippen molar-refractivity contribution in [2.24, 2.45) is 0 Å². The number of rotatable bonds is 3. The molecule has 14 heavy (non-hydrogen) atoms. The van der Waals surface area contributed by atoms with E-state index in [0.717, 1.165) is 0 Å². The molecular formula is C3H5F2NaO7P+. The van der Waals surface area contributed by atoms with Crippen molar-refractivity contribution in [1.82, 2.24) is 0 Å². The van der Waals surface area contributed by atoms with Gasteiger partial charge in [0.2, 0.25) is 0 Å². The minimum atomic E-state index is -6.26. The smallest absolute Gasteiger partial charge is 0.477 e. The molecule has 5 N–H and O–H groups in total. The van der Waals surface area contributed by atoms with Crippen LogP contribution in [0.25, 0.3) is 0 Å². The van der Waals surface area contributed by atoms with Crippen molar-refractivity contribution in [2.75, 3.05) is 0 Å². The molecule has 78 valence electrons. The molecule has 0 aliphatic carbocycles. The van der Waals surface area contributed by atoms with E-state index in [1.807, 2.05) is 0 Å². The van der Waals surface area contributed by atoms with Crippen molar-refractivity contribution in [3.63, 3.8) is 0 Å². The van der Waals surface area contributed by atoms with E-state index in [-0.39, 0.29) is 29.6 Å². The Morgan fingerprint density at radius 1 is 1.21 bits per heavy atom. The molecule has 0 aliphatic heterocycles. The van der Waals surface area contributed by atoms with Crippen LogP contribution in [0.4, 0.5) is 8.78 Å². The van der Waals surface area contributed by atoms with E-state index in [0.29, 0.717) is 0 Å². The summed E-state index contributed by atoms with van der Waals surface area (Å²) in [4.78, 5) is 25.6. The van der Waals surface area contributed by atoms with Crippen molar-refractivity contribution < 1.29 is 72.8 Å². The van der Waals surface area contributed by atoms with Crippen LogP contribution < -0.4 is 29.6 Å². The molecule has 0 atom stereocenters. The average molecular weight is 245 g/mol. The van der Waals surface area contributed by atoms with E-state index in [1.54, 1.807) is 0 Å². The van der Waals surface area contributed by atoms with Crippen LogP contribution in [0.15, 0.2) is 0 Å². The number of hydrogen-bond acceptors (Lipinski definition) is 4. The first-order chi connectivity index (χ1) is 5.44. The van der Waals surface area contributed by atoms with Crippen LogP contribution in [0, 0.1) is 0 Å². The van der Waals surface area contributed by atoms with Gasteiger partial charge in [-0.05, 0) is 0 Å². The van der Waals surface area contributed by atoms with Gasteiger partial charge in [-0.3, -0.25) is 4.57 Å². The summed E-state index contributed by atoms with van der Waals surface area (Å²) >= 11 is 0. The van der Waals surface area contributed by atoms with Gasteiger partial charge in [-0.2, -0.15) is 8.78 Å². The predicted octanol–water partition coefficient (Wildman–Crippen LogP) is -4.47. The Morgan fingerprint density at radius 2 is 1.50 bits per heavy atom. The van der Waals surface area contributed by atoms with Crippen LogP contribution in [0.2, 0.25) is 0 Å². The molecule has 0 heterocycles. The van der Waals surface area contributed by atoms with E-state index in [4.69, 9.17) is 25.1 Å². The molecule has 0 fully saturated rings. The number of carboxylic acid groups (broad SMARTS) is 1. The fraction of sp³-hybridized carbons (Fsp3) is 0.667. The standard InChI is InChI=1S/C3H5F2O7P.Na/c4-3(5,13(10,11)12)2(8,9)1(6)7;/h8-9H,(H,6,7)(H2,10,11,12);/q;+1. The third-order valence-electron chi connectivity index (χ3n) is 1.08. The SMILES string of the molecule is O=C(O)C(O)(O)C(F)(F)P(=O)(O)O.[Na+]. The minimum absolute atomic E-state index is 0. The second kappa shape index (κ2) is 4.50. The molecule has 0 aliphatic rings. The number of aliphatic carboxylic acids is 1. The van der Waals surface area contributed by atoms with Crippen molar-refractivity contribution in [3.05, 3.63) is 0 Å². The Labute approximate surface area is 97.8 Å². The van der Waals surface area contributed by atoms with Gasteiger partial charge in [0.1, 0.15) is 0 Å². The van der Waals surface area contributed by atoms with Gasteiger partial charge in [0, 0.05) is 0 Å². The molecule has 11 heteroatoms. The van der Waals surface area contributed by atoms with Crippen molar-refractivity contribution >= 4 is 13.6 Å². The van der Waals surface area contributed by atoms with Crippen LogP contribution in [0.5, 0.6) is 0 Å². The number of carbonyl (C=O) groups is 1. The van der Waals surface area contributed by atoms with Gasteiger partial charge in [0.15, 0.2) is 0 Å². The summed E-state index contributed by atoms with van der Waals surface area (Å²) in [5.74, 6) is -7.66. The van der Waals surface area contributed by atoms with E-state index in [1.165, 1.54) is 0 Å². The van der Waals surface area contributed by atoms with E-state index < -0.39 is 25.0 Å². The molecule has 0 saturated heterocycles. The molecule has 0 unspecified atom stereocenters. The van der Waals surface area contributed by atoms with Crippen molar-refractivity contribution in [2.45, 2.75) is 11.5 Å². The van der Waals surface area contributed by atoms with E-state index in [2.05, 4.69) is 0 Å². The number of hydrogen-bond donors (Lipinski definition) is 5. The molecular weight excluding hydrogens is 240 g/mol. The zero-order chi connectivity index (χ0) is 11.1. The van der Waals surface area contributed by atoms with Gasteiger partial charge < -0.3 is 25.1 Å². The topological polar surface area (TPSA) is 135 Å². The third-order valence-corrected chi connectivity index (χ3v) is 2.13. The Hall–Kier alpha value is 0.400. The molecule has 0 spiro atoms. The number of alkyl halides is 2. The summed E-state index contributed by atoms with van der Waals surface area (Å²) < 4.78 is 34.6. The first-order valence-electron chi connectivity index (χ1n) is 2.56. The second-order valence-corrected chi connectivity index (χ2v) is 3.71. The molecule has 0 aromatic carbocycles. The quantitative estimate of drug-likeness (QED) is 0.192. The summed E-state index contributed by atoms with van der Waals surface area (Å²) in [5, 5.41) is 24.2. The zero-order valence-electron chi connectivity index (χ0n) is 6.76. The molecule has 0 aromatic heterocycles. The maximum absolute atomic E-state index is 12.3. The summed E-state index contributed by atoms with van der Waals surface area (Å²) in [5.41, 5.74) is -5.47. The van der Waals surface area contributed by atoms with Gasteiger partial charge in [0.05, 0.1) is 0 Å². The normalized spacial score (nSPS) is 13.3. The average Bonchev–Trinajstić information content (AvgIpc) is 1.84. The van der Waals surface area contributed by atoms with Crippen LogP contribution in [0.1, 0.15) is 0 Å². The fourth-order valence-corrected chi connectivity index (χ4v) is 0.834. The largest absolute Gasteiger partial charge is 1.00 e. The van der Waals surface area contributed by atoms with Gasteiger partial charge in [-0.25, -0.2) is 4.79 Å². The Kier molecular flexibility index (Phi) is 5.40. The van der Waals surface area contributed by atoms with Crippen LogP contribution >= 0.6 is 7.60 Å². The molecule has 0 aromatic rings. The maximum Gasteiger partial charge on any atom is 1.00 e. The second-order valence-electron chi connectivity index (χ2n) is 2.06. The minimum Gasteiger partial charge on any atom is -0.477 e. The summed E-state index contributed by atoms with van der Waals surface area (Å²) in [6.45, 7) is 0. The molecule has 0 saturated carbocycles.